The van der Waals surface area contributed by atoms with Gasteiger partial charge >= 0.3 is 0 Å². The molecule has 1 spiro atoms. The van der Waals surface area contributed by atoms with Crippen LogP contribution in [0.25, 0.3) is 0 Å². The van der Waals surface area contributed by atoms with E-state index in [4.69, 9.17) is 9.47 Å². The molecule has 0 unspecified atom stereocenters. The zero-order valence-electron chi connectivity index (χ0n) is 15.9. The van der Waals surface area contributed by atoms with Gasteiger partial charge in [-0.2, -0.15) is 5.10 Å². The second-order valence-corrected chi connectivity index (χ2v) is 7.23. The van der Waals surface area contributed by atoms with E-state index >= 15 is 0 Å². The van der Waals surface area contributed by atoms with Crippen molar-refractivity contribution in [3.05, 3.63) is 42.2 Å². The molecule has 1 fully saturated rings. The van der Waals surface area contributed by atoms with Gasteiger partial charge in [0.15, 0.2) is 0 Å². The highest BCUT2D eigenvalue weighted by Gasteiger charge is 2.41. The van der Waals surface area contributed by atoms with E-state index in [0.717, 1.165) is 0 Å². The van der Waals surface area contributed by atoms with Gasteiger partial charge in [-0.05, 0) is 18.2 Å². The number of hydrogen-bond acceptors (Lipinski definition) is 5. The fourth-order valence-corrected chi connectivity index (χ4v) is 3.75. The van der Waals surface area contributed by atoms with Gasteiger partial charge in [-0.25, -0.2) is 0 Å². The molecule has 3 heterocycles. The van der Waals surface area contributed by atoms with Gasteiger partial charge in [-0.15, -0.1) is 0 Å². The van der Waals surface area contributed by atoms with E-state index in [-0.39, 0.29) is 11.8 Å². The van der Waals surface area contributed by atoms with Crippen molar-refractivity contribution in [3.63, 3.8) is 0 Å². The molecule has 1 aromatic carbocycles. The lowest BCUT2D eigenvalue weighted by Crippen LogP contribution is -2.54. The third kappa shape index (κ3) is 3.67. The number of ether oxygens (including phenoxy) is 2. The number of hydrogen-bond donors (Lipinski definition) is 1. The second-order valence-electron chi connectivity index (χ2n) is 7.23. The standard InChI is InChI=1S/C20H24N4O4/c1-27-15-3-4-16-17(13-15)28-20(14-21-19(16)26)6-11-23(12-7-20)18(25)5-10-24-9-2-8-22-24/h2-4,8-9,13H,5-7,10-12,14H2,1H3,(H,21,26). The molecule has 0 radical (unpaired) electrons. The molecule has 8 nitrogen and oxygen atoms in total. The topological polar surface area (TPSA) is 85.7 Å². The van der Waals surface area contributed by atoms with Crippen molar-refractivity contribution in [2.24, 2.45) is 0 Å². The Kier molecular flexibility index (Phi) is 4.93. The van der Waals surface area contributed by atoms with Crippen LogP contribution < -0.4 is 14.8 Å². The molecular formula is C20H24N4O4. The summed E-state index contributed by atoms with van der Waals surface area (Å²) in [6.07, 6.45) is 5.31. The van der Waals surface area contributed by atoms with Gasteiger partial charge < -0.3 is 19.7 Å². The van der Waals surface area contributed by atoms with Crippen molar-refractivity contribution in [2.45, 2.75) is 31.4 Å². The lowest BCUT2D eigenvalue weighted by atomic mass is 9.90. The zero-order valence-corrected chi connectivity index (χ0v) is 15.9. The summed E-state index contributed by atoms with van der Waals surface area (Å²) >= 11 is 0. The van der Waals surface area contributed by atoms with Gasteiger partial charge in [0.1, 0.15) is 17.1 Å². The number of amides is 2. The molecule has 0 bridgehead atoms. The van der Waals surface area contributed by atoms with Gasteiger partial charge in [0, 0.05) is 57.4 Å². The molecule has 28 heavy (non-hydrogen) atoms. The average Bonchev–Trinajstić information content (AvgIpc) is 3.20. The van der Waals surface area contributed by atoms with Crippen molar-refractivity contribution in [3.8, 4) is 11.5 Å². The zero-order chi connectivity index (χ0) is 19.6. The third-order valence-electron chi connectivity index (χ3n) is 5.47. The summed E-state index contributed by atoms with van der Waals surface area (Å²) in [7, 11) is 1.58. The number of carbonyl (C=O) groups is 2. The highest BCUT2D eigenvalue weighted by atomic mass is 16.5. The van der Waals surface area contributed by atoms with Crippen molar-refractivity contribution in [1.82, 2.24) is 20.0 Å². The van der Waals surface area contributed by atoms with Crippen LogP contribution in [0.3, 0.4) is 0 Å². The van der Waals surface area contributed by atoms with Gasteiger partial charge in [-0.1, -0.05) is 0 Å². The van der Waals surface area contributed by atoms with Crippen LogP contribution in [-0.4, -0.2) is 58.8 Å². The van der Waals surface area contributed by atoms with E-state index in [1.165, 1.54) is 0 Å². The summed E-state index contributed by atoms with van der Waals surface area (Å²) < 4.78 is 13.4. The first-order valence-corrected chi connectivity index (χ1v) is 9.49. The van der Waals surface area contributed by atoms with Gasteiger partial charge in [0.2, 0.25) is 5.91 Å². The van der Waals surface area contributed by atoms with E-state index in [1.807, 2.05) is 17.2 Å². The number of aryl methyl sites for hydroxylation is 1. The van der Waals surface area contributed by atoms with Crippen LogP contribution >= 0.6 is 0 Å². The Bertz CT molecular complexity index is 857. The van der Waals surface area contributed by atoms with Crippen molar-refractivity contribution < 1.29 is 19.1 Å². The second kappa shape index (κ2) is 7.53. The molecular weight excluding hydrogens is 360 g/mol. The molecule has 2 amide bonds. The fraction of sp³-hybridized carbons (Fsp3) is 0.450. The van der Waals surface area contributed by atoms with Crippen LogP contribution in [0.1, 0.15) is 29.6 Å². The molecule has 148 valence electrons. The number of rotatable bonds is 4. The normalized spacial score (nSPS) is 18.0. The predicted octanol–water partition coefficient (Wildman–Crippen LogP) is 1.47. The Morgan fingerprint density at radius 2 is 2.18 bits per heavy atom. The molecule has 0 aliphatic carbocycles. The average molecular weight is 384 g/mol. The van der Waals surface area contributed by atoms with Crippen molar-refractivity contribution in [2.75, 3.05) is 26.7 Å². The largest absolute Gasteiger partial charge is 0.497 e. The molecule has 8 heteroatoms. The Hall–Kier alpha value is -3.03. The lowest BCUT2D eigenvalue weighted by Gasteiger charge is -2.41. The van der Waals surface area contributed by atoms with Crippen LogP contribution in [0, 0.1) is 0 Å². The molecule has 2 aromatic rings. The lowest BCUT2D eigenvalue weighted by molar-refractivity contribution is -0.134. The Labute approximate surface area is 163 Å². The number of likely N-dealkylation sites (tertiary alicyclic amines) is 1. The Balaban J connectivity index is 1.41. The molecule has 2 aliphatic rings. The summed E-state index contributed by atoms with van der Waals surface area (Å²) in [5.74, 6) is 1.15. The Morgan fingerprint density at radius 3 is 2.89 bits per heavy atom. The van der Waals surface area contributed by atoms with E-state index in [1.54, 1.807) is 36.2 Å². The van der Waals surface area contributed by atoms with Crippen LogP contribution in [0.2, 0.25) is 0 Å². The molecule has 0 atom stereocenters. The minimum absolute atomic E-state index is 0.116. The first-order valence-electron chi connectivity index (χ1n) is 9.49. The van der Waals surface area contributed by atoms with Crippen molar-refractivity contribution >= 4 is 11.8 Å². The van der Waals surface area contributed by atoms with Crippen LogP contribution in [0.4, 0.5) is 0 Å². The van der Waals surface area contributed by atoms with Crippen LogP contribution in [-0.2, 0) is 11.3 Å². The molecule has 1 aromatic heterocycles. The number of piperidine rings is 1. The molecule has 1 N–H and O–H groups in total. The maximum absolute atomic E-state index is 12.5. The molecule has 2 aliphatic heterocycles. The maximum atomic E-state index is 12.5. The highest BCUT2D eigenvalue weighted by Crippen LogP contribution is 2.35. The molecule has 0 saturated carbocycles. The quantitative estimate of drug-likeness (QED) is 0.863. The smallest absolute Gasteiger partial charge is 0.255 e. The monoisotopic (exact) mass is 384 g/mol. The van der Waals surface area contributed by atoms with Gasteiger partial charge in [-0.3, -0.25) is 14.3 Å². The first kappa shape index (κ1) is 18.3. The van der Waals surface area contributed by atoms with Crippen LogP contribution in [0.15, 0.2) is 36.7 Å². The summed E-state index contributed by atoms with van der Waals surface area (Å²) in [5.41, 5.74) is 0.00173. The summed E-state index contributed by atoms with van der Waals surface area (Å²) in [6, 6.07) is 7.07. The number of fused-ring (bicyclic) bond motifs is 1. The number of methoxy groups -OCH3 is 1. The highest BCUT2D eigenvalue weighted by molar-refractivity contribution is 5.97. The number of nitrogens with one attached hydrogen (secondary N) is 1. The number of benzene rings is 1. The first-order chi connectivity index (χ1) is 13.6. The third-order valence-corrected chi connectivity index (χ3v) is 5.47. The molecule has 1 saturated heterocycles. The predicted molar refractivity (Wildman–Crippen MR) is 101 cm³/mol. The molecule has 4 rings (SSSR count). The van der Waals surface area contributed by atoms with E-state index in [2.05, 4.69) is 10.4 Å². The van der Waals surface area contributed by atoms with Crippen molar-refractivity contribution in [1.29, 1.82) is 0 Å². The minimum Gasteiger partial charge on any atom is -0.497 e. The maximum Gasteiger partial charge on any atom is 0.255 e. The minimum atomic E-state index is -0.508. The summed E-state index contributed by atoms with van der Waals surface area (Å²) in [4.78, 5) is 26.8. The van der Waals surface area contributed by atoms with E-state index in [0.29, 0.717) is 62.5 Å². The van der Waals surface area contributed by atoms with Gasteiger partial charge in [0.25, 0.3) is 5.91 Å². The van der Waals surface area contributed by atoms with Crippen LogP contribution in [0.5, 0.6) is 11.5 Å². The number of carbonyl (C=O) groups excluding carboxylic acids is 2. The number of nitrogens with zero attached hydrogens (tertiary/aromatic N) is 3. The van der Waals surface area contributed by atoms with Gasteiger partial charge in [0.05, 0.1) is 19.2 Å². The van der Waals surface area contributed by atoms with E-state index < -0.39 is 5.60 Å². The summed E-state index contributed by atoms with van der Waals surface area (Å²) in [5, 5.41) is 7.10. The summed E-state index contributed by atoms with van der Waals surface area (Å²) in [6.45, 7) is 2.21. The Morgan fingerprint density at radius 1 is 1.36 bits per heavy atom. The SMILES string of the molecule is COc1ccc2c(c1)OC1(CCN(C(=O)CCn3cccn3)CC1)CNC2=O. The van der Waals surface area contributed by atoms with E-state index in [9.17, 15) is 9.59 Å². The fourth-order valence-electron chi connectivity index (χ4n) is 3.75. The number of aromatic nitrogens is 2.